The molecule has 2 aromatic carbocycles. The van der Waals surface area contributed by atoms with E-state index in [1.807, 2.05) is 24.3 Å². The van der Waals surface area contributed by atoms with E-state index in [1.54, 1.807) is 13.2 Å². The van der Waals surface area contributed by atoms with Gasteiger partial charge in [0.05, 0.1) is 12.7 Å². The van der Waals surface area contributed by atoms with E-state index in [9.17, 15) is 13.2 Å². The van der Waals surface area contributed by atoms with Crippen molar-refractivity contribution in [1.29, 1.82) is 0 Å². The molecule has 0 aromatic heterocycles. The highest BCUT2D eigenvalue weighted by Gasteiger charge is 2.30. The van der Waals surface area contributed by atoms with Crippen LogP contribution in [0.15, 0.2) is 48.5 Å². The maximum absolute atomic E-state index is 13.0. The second-order valence-corrected chi connectivity index (χ2v) is 7.09. The fourth-order valence-corrected chi connectivity index (χ4v) is 3.24. The minimum atomic E-state index is -4.32. The van der Waals surface area contributed by atoms with E-state index < -0.39 is 11.7 Å². The molecule has 0 unspecified atom stereocenters. The van der Waals surface area contributed by atoms with Gasteiger partial charge in [0.1, 0.15) is 5.75 Å². The van der Waals surface area contributed by atoms with Gasteiger partial charge in [-0.15, -0.1) is 0 Å². The van der Waals surface area contributed by atoms with Crippen LogP contribution in [0.2, 0.25) is 0 Å². The molecule has 0 radical (unpaired) electrons. The van der Waals surface area contributed by atoms with Crippen molar-refractivity contribution in [1.82, 2.24) is 0 Å². The highest BCUT2D eigenvalue weighted by Crippen LogP contribution is 2.30. The Morgan fingerprint density at radius 3 is 2.21 bits per heavy atom. The van der Waals surface area contributed by atoms with Gasteiger partial charge in [-0.05, 0) is 48.4 Å². The molecule has 0 aliphatic rings. The van der Waals surface area contributed by atoms with Crippen LogP contribution >= 0.6 is 0 Å². The van der Waals surface area contributed by atoms with Gasteiger partial charge >= 0.3 is 6.18 Å². The molecule has 0 heterocycles. The average Bonchev–Trinajstić information content (AvgIpc) is 2.69. The van der Waals surface area contributed by atoms with Gasteiger partial charge in [0, 0.05) is 18.8 Å². The van der Waals surface area contributed by atoms with Crippen molar-refractivity contribution in [3.63, 3.8) is 0 Å². The molecule has 0 bridgehead atoms. The van der Waals surface area contributed by atoms with Crippen LogP contribution in [0.5, 0.6) is 5.75 Å². The van der Waals surface area contributed by atoms with E-state index in [0.29, 0.717) is 12.1 Å². The quantitative estimate of drug-likeness (QED) is 0.378. The van der Waals surface area contributed by atoms with Crippen LogP contribution in [-0.2, 0) is 12.7 Å². The number of benzene rings is 2. The summed E-state index contributed by atoms with van der Waals surface area (Å²) in [5.74, 6) is 0.766. The van der Waals surface area contributed by atoms with Gasteiger partial charge in [-0.3, -0.25) is 0 Å². The fourth-order valence-electron chi connectivity index (χ4n) is 3.24. The van der Waals surface area contributed by atoms with Crippen molar-refractivity contribution in [2.24, 2.45) is 0 Å². The van der Waals surface area contributed by atoms with Gasteiger partial charge in [-0.25, -0.2) is 0 Å². The Morgan fingerprint density at radius 1 is 0.893 bits per heavy atom. The van der Waals surface area contributed by atoms with E-state index in [4.69, 9.17) is 4.74 Å². The lowest BCUT2D eigenvalue weighted by atomic mass is 10.1. The zero-order valence-electron chi connectivity index (χ0n) is 16.8. The predicted molar refractivity (Wildman–Crippen MR) is 109 cm³/mol. The fraction of sp³-hybridized carbons (Fsp3) is 0.478. The maximum Gasteiger partial charge on any atom is 0.416 e. The van der Waals surface area contributed by atoms with Gasteiger partial charge < -0.3 is 9.64 Å². The lowest BCUT2D eigenvalue weighted by Gasteiger charge is -2.26. The highest BCUT2D eigenvalue weighted by molar-refractivity contribution is 5.49. The number of anilines is 1. The number of halogens is 3. The van der Waals surface area contributed by atoms with Crippen LogP contribution < -0.4 is 9.64 Å². The Kier molecular flexibility index (Phi) is 8.68. The molecule has 2 nitrogen and oxygen atoms in total. The third-order valence-electron chi connectivity index (χ3n) is 4.85. The Hall–Kier alpha value is -2.17. The first kappa shape index (κ1) is 22.1. The Balaban J connectivity index is 2.09. The van der Waals surface area contributed by atoms with E-state index >= 15 is 0 Å². The summed E-state index contributed by atoms with van der Waals surface area (Å²) >= 11 is 0. The Labute approximate surface area is 166 Å². The van der Waals surface area contributed by atoms with Crippen molar-refractivity contribution in [2.75, 3.05) is 18.6 Å². The summed E-state index contributed by atoms with van der Waals surface area (Å²) < 4.78 is 44.3. The molecule has 0 aliphatic heterocycles. The van der Waals surface area contributed by atoms with Crippen LogP contribution in [0.25, 0.3) is 0 Å². The molecule has 2 rings (SSSR count). The minimum absolute atomic E-state index is 0.450. The molecular weight excluding hydrogens is 363 g/mol. The normalized spacial score (nSPS) is 11.5. The molecule has 2 aromatic rings. The molecule has 0 saturated carbocycles. The van der Waals surface area contributed by atoms with E-state index in [1.165, 1.54) is 37.8 Å². The highest BCUT2D eigenvalue weighted by atomic mass is 19.4. The Bertz CT molecular complexity index is 698. The number of ether oxygens (including phenoxy) is 1. The van der Waals surface area contributed by atoms with Crippen molar-refractivity contribution < 1.29 is 17.9 Å². The molecule has 0 spiro atoms. The van der Waals surface area contributed by atoms with Crippen LogP contribution in [-0.4, -0.2) is 13.7 Å². The third kappa shape index (κ3) is 7.10. The lowest BCUT2D eigenvalue weighted by molar-refractivity contribution is -0.137. The summed E-state index contributed by atoms with van der Waals surface area (Å²) in [7, 11) is 1.62. The molecule has 0 fully saturated rings. The first-order valence-electron chi connectivity index (χ1n) is 9.99. The van der Waals surface area contributed by atoms with Crippen molar-refractivity contribution in [3.8, 4) is 5.75 Å². The average molecular weight is 393 g/mol. The predicted octanol–water partition coefficient (Wildman–Crippen LogP) is 7.08. The maximum atomic E-state index is 13.0. The number of unbranched alkanes of at least 4 members (excludes halogenated alkanes) is 5. The van der Waals surface area contributed by atoms with E-state index in [-0.39, 0.29) is 0 Å². The number of methoxy groups -OCH3 is 1. The molecule has 0 amide bonds. The minimum Gasteiger partial charge on any atom is -0.497 e. The van der Waals surface area contributed by atoms with Crippen molar-refractivity contribution >= 4 is 5.69 Å². The molecule has 154 valence electrons. The molecule has 0 saturated heterocycles. The molecule has 0 aliphatic carbocycles. The van der Waals surface area contributed by atoms with Gasteiger partial charge in [0.15, 0.2) is 0 Å². The smallest absolute Gasteiger partial charge is 0.416 e. The summed E-state index contributed by atoms with van der Waals surface area (Å²) in [6.45, 7) is 3.46. The molecular formula is C23H30F3NO. The SMILES string of the molecule is CCCCCCCCN(Cc1cccc(C(F)(F)F)c1)c1ccc(OC)cc1. The monoisotopic (exact) mass is 393 g/mol. The van der Waals surface area contributed by atoms with Gasteiger partial charge in [-0.2, -0.15) is 13.2 Å². The number of alkyl halides is 3. The number of hydrogen-bond donors (Lipinski definition) is 0. The van der Waals surface area contributed by atoms with Gasteiger partial charge in [-0.1, -0.05) is 51.2 Å². The number of rotatable bonds is 11. The summed E-state index contributed by atoms with van der Waals surface area (Å²) in [5, 5.41) is 0. The van der Waals surface area contributed by atoms with E-state index in [0.717, 1.165) is 36.9 Å². The van der Waals surface area contributed by atoms with Crippen LogP contribution in [0.1, 0.15) is 56.6 Å². The third-order valence-corrected chi connectivity index (χ3v) is 4.85. The first-order chi connectivity index (χ1) is 13.4. The lowest BCUT2D eigenvalue weighted by Crippen LogP contribution is -2.24. The number of nitrogens with zero attached hydrogens (tertiary/aromatic N) is 1. The molecule has 0 atom stereocenters. The largest absolute Gasteiger partial charge is 0.497 e. The van der Waals surface area contributed by atoms with Crippen LogP contribution in [0, 0.1) is 0 Å². The first-order valence-corrected chi connectivity index (χ1v) is 9.99. The van der Waals surface area contributed by atoms with Crippen LogP contribution in [0.3, 0.4) is 0 Å². The summed E-state index contributed by atoms with van der Waals surface area (Å²) in [5.41, 5.74) is 1.06. The Morgan fingerprint density at radius 2 is 1.57 bits per heavy atom. The molecule has 28 heavy (non-hydrogen) atoms. The van der Waals surface area contributed by atoms with Crippen LogP contribution in [0.4, 0.5) is 18.9 Å². The zero-order valence-corrected chi connectivity index (χ0v) is 16.8. The number of hydrogen-bond acceptors (Lipinski definition) is 2. The summed E-state index contributed by atoms with van der Waals surface area (Å²) in [4.78, 5) is 2.15. The second kappa shape index (κ2) is 11.0. The second-order valence-electron chi connectivity index (χ2n) is 7.09. The summed E-state index contributed by atoms with van der Waals surface area (Å²) in [6, 6.07) is 13.3. The topological polar surface area (TPSA) is 12.5 Å². The van der Waals surface area contributed by atoms with Gasteiger partial charge in [0.25, 0.3) is 0 Å². The standard InChI is InChI=1S/C23H30F3NO/c1-3-4-5-6-7-8-16-27(21-12-14-22(28-2)15-13-21)18-19-10-9-11-20(17-19)23(24,25)26/h9-15,17H,3-8,16,18H2,1-2H3. The summed E-state index contributed by atoms with van der Waals surface area (Å²) in [6.07, 6.45) is 2.75. The van der Waals surface area contributed by atoms with Gasteiger partial charge in [0.2, 0.25) is 0 Å². The zero-order chi connectivity index (χ0) is 20.4. The molecule has 5 heteroatoms. The molecule has 0 N–H and O–H groups in total. The van der Waals surface area contributed by atoms with E-state index in [2.05, 4.69) is 11.8 Å². The van der Waals surface area contributed by atoms with Crippen molar-refractivity contribution in [3.05, 3.63) is 59.7 Å². The van der Waals surface area contributed by atoms with Crippen molar-refractivity contribution in [2.45, 2.75) is 58.2 Å².